The average Bonchev–Trinajstić information content (AvgIpc) is 3.25. The molecule has 5 rings (SSSR count). The van der Waals surface area contributed by atoms with Crippen LogP contribution in [0, 0.1) is 0 Å². The van der Waals surface area contributed by atoms with E-state index in [9.17, 15) is 13.2 Å². The van der Waals surface area contributed by atoms with Crippen LogP contribution >= 0.6 is 0 Å². The molecular formula is C26H23N5O4S. The third-order valence-electron chi connectivity index (χ3n) is 6.02. The number of pyridine rings is 1. The highest BCUT2D eigenvalue weighted by atomic mass is 32.2. The van der Waals surface area contributed by atoms with E-state index in [0.29, 0.717) is 34.6 Å². The summed E-state index contributed by atoms with van der Waals surface area (Å²) in [5.41, 5.74) is 7.94. The van der Waals surface area contributed by atoms with Crippen LogP contribution in [0.15, 0.2) is 89.0 Å². The molecule has 0 saturated heterocycles. The Hall–Kier alpha value is -4.28. The number of nitrogens with two attached hydrogens (primary N) is 2. The molecule has 0 fully saturated rings. The fourth-order valence-electron chi connectivity index (χ4n) is 4.20. The largest absolute Gasteiger partial charge is 0.383 e. The van der Waals surface area contributed by atoms with Gasteiger partial charge in [-0.05, 0) is 48.2 Å². The minimum Gasteiger partial charge on any atom is -0.383 e. The van der Waals surface area contributed by atoms with Crippen molar-refractivity contribution in [3.05, 3.63) is 90.1 Å². The Morgan fingerprint density at radius 2 is 1.75 bits per heavy atom. The van der Waals surface area contributed by atoms with E-state index >= 15 is 0 Å². The van der Waals surface area contributed by atoms with Crippen molar-refractivity contribution < 1.29 is 18.0 Å². The molecule has 0 bridgehead atoms. The molecule has 0 spiro atoms. The minimum absolute atomic E-state index is 0.0185. The van der Waals surface area contributed by atoms with Crippen LogP contribution < -0.4 is 16.2 Å². The Bertz CT molecular complexity index is 1630. The van der Waals surface area contributed by atoms with Gasteiger partial charge < -0.3 is 15.9 Å². The fourth-order valence-corrected chi connectivity index (χ4v) is 4.96. The monoisotopic (exact) mass is 501 g/mol. The molecule has 9 nitrogen and oxygen atoms in total. The van der Waals surface area contributed by atoms with Crippen molar-refractivity contribution in [1.82, 2.24) is 10.3 Å². The van der Waals surface area contributed by atoms with Crippen molar-refractivity contribution in [3.8, 4) is 11.1 Å². The van der Waals surface area contributed by atoms with Crippen LogP contribution in [0.1, 0.15) is 29.3 Å². The third-order valence-corrected chi connectivity index (χ3v) is 6.99. The number of rotatable bonds is 5. The van der Waals surface area contributed by atoms with Gasteiger partial charge in [-0.15, -0.1) is 0 Å². The minimum atomic E-state index is -3.89. The normalized spacial score (nSPS) is 17.4. The Balaban J connectivity index is 1.31. The van der Waals surface area contributed by atoms with Gasteiger partial charge in [0.25, 0.3) is 5.91 Å². The number of fused-ring (bicyclic) bond motifs is 1. The molecule has 182 valence electrons. The van der Waals surface area contributed by atoms with Gasteiger partial charge in [0.15, 0.2) is 0 Å². The number of oxime groups is 1. The Morgan fingerprint density at radius 3 is 2.50 bits per heavy atom. The quantitative estimate of drug-likeness (QED) is 0.381. The van der Waals surface area contributed by atoms with E-state index in [2.05, 4.69) is 15.5 Å². The van der Waals surface area contributed by atoms with E-state index in [1.807, 2.05) is 24.3 Å². The first kappa shape index (κ1) is 23.5. The molecular weight excluding hydrogens is 478 g/mol. The first-order valence-corrected chi connectivity index (χ1v) is 12.6. The molecule has 5 N–H and O–H groups in total. The summed E-state index contributed by atoms with van der Waals surface area (Å²) in [4.78, 5) is 22.7. The van der Waals surface area contributed by atoms with Crippen LogP contribution in [0.3, 0.4) is 0 Å². The van der Waals surface area contributed by atoms with E-state index in [4.69, 9.17) is 15.7 Å². The molecule has 0 saturated carbocycles. The molecule has 1 aromatic heterocycles. The summed E-state index contributed by atoms with van der Waals surface area (Å²) in [6.07, 6.45) is 2.01. The summed E-state index contributed by atoms with van der Waals surface area (Å²) >= 11 is 0. The zero-order valence-electron chi connectivity index (χ0n) is 19.3. The second-order valence-electron chi connectivity index (χ2n) is 8.74. The molecule has 1 aliphatic heterocycles. The van der Waals surface area contributed by atoms with Crippen LogP contribution in [0.5, 0.6) is 0 Å². The second-order valence-corrected chi connectivity index (χ2v) is 10.3. The Kier molecular flexibility index (Phi) is 5.70. The van der Waals surface area contributed by atoms with E-state index in [0.717, 1.165) is 16.3 Å². The van der Waals surface area contributed by atoms with Gasteiger partial charge in [0.2, 0.25) is 15.7 Å². The maximum absolute atomic E-state index is 13.0. The molecule has 1 unspecified atom stereocenters. The van der Waals surface area contributed by atoms with Crippen molar-refractivity contribution >= 4 is 38.2 Å². The number of sulfonamides is 1. The number of nitrogen functional groups attached to an aromatic ring is 1. The maximum Gasteiger partial charge on any atom is 0.254 e. The zero-order valence-corrected chi connectivity index (χ0v) is 20.1. The summed E-state index contributed by atoms with van der Waals surface area (Å²) in [5.74, 6) is 0.0762. The first-order valence-electron chi connectivity index (χ1n) is 11.1. The van der Waals surface area contributed by atoms with Gasteiger partial charge in [-0.25, -0.2) is 18.5 Å². The molecule has 1 atom stereocenters. The smallest absolute Gasteiger partial charge is 0.254 e. The Morgan fingerprint density at radius 1 is 1.03 bits per heavy atom. The van der Waals surface area contributed by atoms with Gasteiger partial charge in [0.05, 0.1) is 17.0 Å². The topological polar surface area (TPSA) is 150 Å². The summed E-state index contributed by atoms with van der Waals surface area (Å²) < 4.78 is 23.8. The van der Waals surface area contributed by atoms with Crippen LogP contribution in [-0.4, -0.2) is 30.7 Å². The number of nitrogens with one attached hydrogen (secondary N) is 1. The molecule has 0 radical (unpaired) electrons. The van der Waals surface area contributed by atoms with Gasteiger partial charge in [-0.2, -0.15) is 0 Å². The van der Waals surface area contributed by atoms with Crippen LogP contribution in [0.2, 0.25) is 0 Å². The molecule has 0 aliphatic carbocycles. The number of aromatic nitrogens is 1. The van der Waals surface area contributed by atoms with E-state index < -0.39 is 15.7 Å². The summed E-state index contributed by atoms with van der Waals surface area (Å²) in [5, 5.41) is 14.2. The summed E-state index contributed by atoms with van der Waals surface area (Å²) in [6, 6.07) is 20.7. The van der Waals surface area contributed by atoms with Crippen LogP contribution in [0.4, 0.5) is 5.82 Å². The van der Waals surface area contributed by atoms with E-state index in [1.54, 1.807) is 55.6 Å². The van der Waals surface area contributed by atoms with Crippen molar-refractivity contribution in [2.75, 3.05) is 5.73 Å². The first-order chi connectivity index (χ1) is 17.1. The van der Waals surface area contributed by atoms with E-state index in [-0.39, 0.29) is 10.8 Å². The van der Waals surface area contributed by atoms with Gasteiger partial charge in [-0.3, -0.25) is 4.79 Å². The number of carbonyl (C=O) groups excluding carboxylic acids is 1. The number of hydrogen-bond donors (Lipinski definition) is 3. The zero-order chi connectivity index (χ0) is 25.5. The number of carbonyl (C=O) groups is 1. The molecule has 2 heterocycles. The van der Waals surface area contributed by atoms with Crippen molar-refractivity contribution in [2.45, 2.75) is 24.0 Å². The van der Waals surface area contributed by atoms with Gasteiger partial charge in [-0.1, -0.05) is 47.6 Å². The summed E-state index contributed by atoms with van der Waals surface area (Å²) in [6.45, 7) is 1.75. The molecule has 10 heteroatoms. The lowest BCUT2D eigenvalue weighted by molar-refractivity contribution is -0.0252. The highest BCUT2D eigenvalue weighted by Crippen LogP contribution is 2.29. The lowest BCUT2D eigenvalue weighted by Gasteiger charge is -2.23. The number of anilines is 1. The number of primary sulfonamides is 1. The number of hydrogen-bond acceptors (Lipinski definition) is 7. The predicted molar refractivity (Wildman–Crippen MR) is 138 cm³/mol. The number of benzene rings is 3. The number of nitrogens with zero attached hydrogens (tertiary/aromatic N) is 2. The standard InChI is InChI=1S/C26H23N5O4S/c1-26(15-22(31-35-26)19-11-8-17-12-13-29-24(27)21(17)14-19)30-25(32)18-9-6-16(7-10-18)20-4-2-3-5-23(20)36(28,33)34/h2-14H,15H2,1H3,(H2,27,29)(H,30,32)(H2,28,33,34). The second kappa shape index (κ2) is 8.74. The predicted octanol–water partition coefficient (Wildman–Crippen LogP) is 3.40. The van der Waals surface area contributed by atoms with E-state index in [1.165, 1.54) is 6.07 Å². The van der Waals surface area contributed by atoms with Crippen molar-refractivity contribution in [2.24, 2.45) is 10.3 Å². The highest BCUT2D eigenvalue weighted by Gasteiger charge is 2.36. The lowest BCUT2D eigenvalue weighted by atomic mass is 9.99. The van der Waals surface area contributed by atoms with Crippen LogP contribution in [0.25, 0.3) is 21.9 Å². The van der Waals surface area contributed by atoms with Crippen molar-refractivity contribution in [3.63, 3.8) is 0 Å². The van der Waals surface area contributed by atoms with Gasteiger partial charge >= 0.3 is 0 Å². The lowest BCUT2D eigenvalue weighted by Crippen LogP contribution is -2.46. The van der Waals surface area contributed by atoms with Crippen LogP contribution in [-0.2, 0) is 14.9 Å². The Labute approximate surface area is 207 Å². The fraction of sp³-hybridized carbons (Fsp3) is 0.115. The maximum atomic E-state index is 13.0. The molecule has 1 amide bonds. The molecule has 3 aromatic carbocycles. The molecule has 1 aliphatic rings. The van der Waals surface area contributed by atoms with Crippen molar-refractivity contribution in [1.29, 1.82) is 0 Å². The molecule has 4 aromatic rings. The van der Waals surface area contributed by atoms with Gasteiger partial charge in [0, 0.05) is 28.3 Å². The SMILES string of the molecule is CC1(NC(=O)c2ccc(-c3ccccc3S(N)(=O)=O)cc2)CC(c2ccc3ccnc(N)c3c2)=NO1. The number of amides is 1. The summed E-state index contributed by atoms with van der Waals surface area (Å²) in [7, 11) is -3.89. The average molecular weight is 502 g/mol. The third kappa shape index (κ3) is 4.51. The highest BCUT2D eigenvalue weighted by molar-refractivity contribution is 7.89. The molecule has 36 heavy (non-hydrogen) atoms. The van der Waals surface area contributed by atoms with Gasteiger partial charge in [0.1, 0.15) is 5.82 Å².